The number of anilines is 1. The average Bonchev–Trinajstić information content (AvgIpc) is 3.15. The standard InChI is InChI=1S/C22H22N6O/c1-15-4-6-16(7-5-15)19-12-13-20-24-25-21(28(20)26-19)14-23-22(29)17-8-10-18(11-9-17)27(2)3/h4-13H,14H2,1-3H3,(H,23,29). The molecule has 0 aliphatic rings. The number of rotatable bonds is 5. The molecule has 0 radical (unpaired) electrons. The van der Waals surface area contributed by atoms with Crippen LogP contribution in [-0.2, 0) is 6.54 Å². The Labute approximate surface area is 169 Å². The molecule has 0 bridgehead atoms. The molecule has 1 N–H and O–H groups in total. The highest BCUT2D eigenvalue weighted by Crippen LogP contribution is 2.18. The summed E-state index contributed by atoms with van der Waals surface area (Å²) in [6.45, 7) is 2.29. The molecule has 2 aromatic heterocycles. The van der Waals surface area contributed by atoms with E-state index in [0.717, 1.165) is 16.9 Å². The first-order valence-electron chi connectivity index (χ1n) is 9.35. The summed E-state index contributed by atoms with van der Waals surface area (Å²) in [6.07, 6.45) is 0. The Hall–Kier alpha value is -3.74. The average molecular weight is 386 g/mol. The topological polar surface area (TPSA) is 75.4 Å². The fraction of sp³-hybridized carbons (Fsp3) is 0.182. The Morgan fingerprint density at radius 3 is 2.38 bits per heavy atom. The van der Waals surface area contributed by atoms with Crippen LogP contribution < -0.4 is 10.2 Å². The molecule has 0 aliphatic heterocycles. The molecule has 7 heteroatoms. The first kappa shape index (κ1) is 18.6. The number of aromatic nitrogens is 4. The smallest absolute Gasteiger partial charge is 0.251 e. The fourth-order valence-electron chi connectivity index (χ4n) is 2.99. The maximum Gasteiger partial charge on any atom is 0.251 e. The predicted molar refractivity (Wildman–Crippen MR) is 113 cm³/mol. The van der Waals surface area contributed by atoms with Gasteiger partial charge in [0.25, 0.3) is 5.91 Å². The van der Waals surface area contributed by atoms with Crippen molar-refractivity contribution in [3.63, 3.8) is 0 Å². The van der Waals surface area contributed by atoms with Gasteiger partial charge in [-0.05, 0) is 43.3 Å². The monoisotopic (exact) mass is 386 g/mol. The van der Waals surface area contributed by atoms with Crippen LogP contribution in [0.4, 0.5) is 5.69 Å². The molecule has 1 amide bonds. The predicted octanol–water partition coefficient (Wildman–Crippen LogP) is 3.10. The Bertz CT molecular complexity index is 1150. The lowest BCUT2D eigenvalue weighted by Crippen LogP contribution is -2.24. The zero-order valence-electron chi connectivity index (χ0n) is 16.6. The van der Waals surface area contributed by atoms with Crippen LogP contribution in [0.3, 0.4) is 0 Å². The fourth-order valence-corrected chi connectivity index (χ4v) is 2.99. The maximum absolute atomic E-state index is 12.5. The third kappa shape index (κ3) is 3.94. The summed E-state index contributed by atoms with van der Waals surface area (Å²) in [5.74, 6) is 0.411. The molecule has 0 spiro atoms. The molecule has 4 aromatic rings. The van der Waals surface area contributed by atoms with E-state index < -0.39 is 0 Å². The van der Waals surface area contributed by atoms with Gasteiger partial charge in [-0.1, -0.05) is 29.8 Å². The van der Waals surface area contributed by atoms with Gasteiger partial charge in [-0.2, -0.15) is 9.61 Å². The summed E-state index contributed by atoms with van der Waals surface area (Å²) < 4.78 is 1.67. The minimum absolute atomic E-state index is 0.165. The van der Waals surface area contributed by atoms with E-state index >= 15 is 0 Å². The molecule has 146 valence electrons. The first-order chi connectivity index (χ1) is 14.0. The number of aryl methyl sites for hydroxylation is 1. The number of nitrogens with one attached hydrogen (secondary N) is 1. The highest BCUT2D eigenvalue weighted by atomic mass is 16.1. The normalized spacial score (nSPS) is 10.9. The van der Waals surface area contributed by atoms with Gasteiger partial charge in [0.1, 0.15) is 0 Å². The maximum atomic E-state index is 12.5. The van der Waals surface area contributed by atoms with E-state index in [1.54, 1.807) is 16.6 Å². The Morgan fingerprint density at radius 2 is 1.69 bits per heavy atom. The van der Waals surface area contributed by atoms with Crippen LogP contribution >= 0.6 is 0 Å². The first-order valence-corrected chi connectivity index (χ1v) is 9.35. The van der Waals surface area contributed by atoms with E-state index in [2.05, 4.69) is 39.7 Å². The van der Waals surface area contributed by atoms with E-state index in [4.69, 9.17) is 0 Å². The minimum atomic E-state index is -0.165. The van der Waals surface area contributed by atoms with Crippen LogP contribution in [0.2, 0.25) is 0 Å². The van der Waals surface area contributed by atoms with Crippen molar-refractivity contribution in [1.82, 2.24) is 25.1 Å². The number of fused-ring (bicyclic) bond motifs is 1. The second kappa shape index (κ2) is 7.71. The van der Waals surface area contributed by atoms with Crippen molar-refractivity contribution in [2.45, 2.75) is 13.5 Å². The lowest BCUT2D eigenvalue weighted by atomic mass is 10.1. The van der Waals surface area contributed by atoms with Crippen LogP contribution in [0.15, 0.2) is 60.7 Å². The third-order valence-corrected chi connectivity index (χ3v) is 4.73. The van der Waals surface area contributed by atoms with Gasteiger partial charge in [-0.15, -0.1) is 10.2 Å². The lowest BCUT2D eigenvalue weighted by molar-refractivity contribution is 0.0949. The van der Waals surface area contributed by atoms with E-state index in [1.165, 1.54) is 5.56 Å². The van der Waals surface area contributed by atoms with Crippen molar-refractivity contribution in [2.24, 2.45) is 0 Å². The summed E-state index contributed by atoms with van der Waals surface area (Å²) >= 11 is 0. The van der Waals surface area contributed by atoms with E-state index in [9.17, 15) is 4.79 Å². The Balaban J connectivity index is 1.52. The summed E-state index contributed by atoms with van der Waals surface area (Å²) in [4.78, 5) is 14.5. The zero-order chi connectivity index (χ0) is 20.4. The van der Waals surface area contributed by atoms with E-state index in [-0.39, 0.29) is 12.5 Å². The van der Waals surface area contributed by atoms with Gasteiger partial charge in [0.05, 0.1) is 12.2 Å². The molecule has 0 atom stereocenters. The van der Waals surface area contributed by atoms with Crippen LogP contribution in [-0.4, -0.2) is 39.8 Å². The van der Waals surface area contributed by atoms with Crippen LogP contribution in [0.25, 0.3) is 16.9 Å². The van der Waals surface area contributed by atoms with Gasteiger partial charge in [-0.25, -0.2) is 0 Å². The van der Waals surface area contributed by atoms with Crippen LogP contribution in [0, 0.1) is 6.92 Å². The van der Waals surface area contributed by atoms with Crippen molar-refractivity contribution >= 4 is 17.2 Å². The second-order valence-corrected chi connectivity index (χ2v) is 7.09. The summed E-state index contributed by atoms with van der Waals surface area (Å²) in [6, 6.07) is 19.4. The lowest BCUT2D eigenvalue weighted by Gasteiger charge is -2.12. The highest BCUT2D eigenvalue weighted by molar-refractivity contribution is 5.94. The molecule has 0 saturated carbocycles. The molecule has 0 fully saturated rings. The molecular weight excluding hydrogens is 364 g/mol. The number of hydrogen-bond acceptors (Lipinski definition) is 5. The number of carbonyl (C=O) groups is 1. The van der Waals surface area contributed by atoms with Crippen molar-refractivity contribution in [1.29, 1.82) is 0 Å². The Kier molecular flexibility index (Phi) is 4.95. The van der Waals surface area contributed by atoms with Crippen LogP contribution in [0.1, 0.15) is 21.7 Å². The van der Waals surface area contributed by atoms with Gasteiger partial charge >= 0.3 is 0 Å². The van der Waals surface area contributed by atoms with Crippen molar-refractivity contribution in [2.75, 3.05) is 19.0 Å². The second-order valence-electron chi connectivity index (χ2n) is 7.09. The number of benzene rings is 2. The van der Waals surface area contributed by atoms with E-state index in [0.29, 0.717) is 17.0 Å². The summed E-state index contributed by atoms with van der Waals surface area (Å²) in [7, 11) is 3.92. The quantitative estimate of drug-likeness (QED) is 0.570. The van der Waals surface area contributed by atoms with E-state index in [1.807, 2.05) is 55.4 Å². The number of amides is 1. The Morgan fingerprint density at radius 1 is 0.966 bits per heavy atom. The third-order valence-electron chi connectivity index (χ3n) is 4.73. The van der Waals surface area contributed by atoms with Gasteiger partial charge < -0.3 is 10.2 Å². The molecule has 2 heterocycles. The molecule has 7 nitrogen and oxygen atoms in total. The summed E-state index contributed by atoms with van der Waals surface area (Å²) in [5.41, 5.74) is 5.31. The molecule has 2 aromatic carbocycles. The van der Waals surface area contributed by atoms with Crippen LogP contribution in [0.5, 0.6) is 0 Å². The summed E-state index contributed by atoms with van der Waals surface area (Å²) in [5, 5.41) is 15.9. The molecule has 4 rings (SSSR count). The molecule has 0 saturated heterocycles. The highest BCUT2D eigenvalue weighted by Gasteiger charge is 2.11. The zero-order valence-corrected chi connectivity index (χ0v) is 16.6. The van der Waals surface area contributed by atoms with Gasteiger partial charge in [0.15, 0.2) is 11.5 Å². The molecule has 29 heavy (non-hydrogen) atoms. The number of carbonyl (C=O) groups excluding carboxylic acids is 1. The number of hydrogen-bond donors (Lipinski definition) is 1. The number of nitrogens with zero attached hydrogens (tertiary/aromatic N) is 5. The van der Waals surface area contributed by atoms with Crippen molar-refractivity contribution in [3.05, 3.63) is 77.6 Å². The SMILES string of the molecule is Cc1ccc(-c2ccc3nnc(CNC(=O)c4ccc(N(C)C)cc4)n3n2)cc1. The van der Waals surface area contributed by atoms with Gasteiger partial charge in [-0.3, -0.25) is 4.79 Å². The molecule has 0 aliphatic carbocycles. The largest absolute Gasteiger partial charge is 0.378 e. The molecule has 0 unspecified atom stereocenters. The van der Waals surface area contributed by atoms with Gasteiger partial charge in [0.2, 0.25) is 0 Å². The van der Waals surface area contributed by atoms with Crippen molar-refractivity contribution < 1.29 is 4.79 Å². The minimum Gasteiger partial charge on any atom is -0.378 e. The van der Waals surface area contributed by atoms with Gasteiger partial charge in [0, 0.05) is 30.9 Å². The molecular formula is C22H22N6O. The van der Waals surface area contributed by atoms with Crippen molar-refractivity contribution in [3.8, 4) is 11.3 Å².